The molecule has 0 unspecified atom stereocenters. The van der Waals surface area contributed by atoms with Crippen LogP contribution in [0.3, 0.4) is 0 Å². The van der Waals surface area contributed by atoms with Crippen molar-refractivity contribution in [3.63, 3.8) is 0 Å². The van der Waals surface area contributed by atoms with Gasteiger partial charge in [-0.25, -0.2) is 37.1 Å². The van der Waals surface area contributed by atoms with Gasteiger partial charge in [-0.1, -0.05) is 24.0 Å². The van der Waals surface area contributed by atoms with Crippen molar-refractivity contribution in [3.05, 3.63) is 101 Å². The zero-order valence-corrected chi connectivity index (χ0v) is 44.6. The summed E-state index contributed by atoms with van der Waals surface area (Å²) in [7, 11) is 1.80. The lowest BCUT2D eigenvalue weighted by Crippen LogP contribution is -2.62. The van der Waals surface area contributed by atoms with Crippen molar-refractivity contribution in [2.45, 2.75) is 115 Å². The SMILES string of the molecule is CNC(=O)O[C@H](C(=O)NN(Cc1c(F)cc(-c2ccn(CC(F)F)n2)cc1F)C[C@H](O)[C@H](Cc1ccc(C#Cc2ccc(N3C[C@H]4C[C@@H]3CN4C3COC3)nc2)cc1)NC(=O)[C@@H](NC(=O)OC)C(C)(C)C(F)(F)F)C(C)(C)C(F)(F)F. The first-order valence-electron chi connectivity index (χ1n) is 25.4. The lowest BCUT2D eigenvalue weighted by molar-refractivity contribution is -0.239. The molecule has 0 radical (unpaired) electrons. The highest BCUT2D eigenvalue weighted by Crippen LogP contribution is 2.43. The van der Waals surface area contributed by atoms with E-state index in [4.69, 9.17) is 9.47 Å². The average molecular weight is 1160 g/mol. The summed E-state index contributed by atoms with van der Waals surface area (Å²) in [6.07, 6.45) is -17.8. The fourth-order valence-electron chi connectivity index (χ4n) is 9.47. The van der Waals surface area contributed by atoms with Crippen LogP contribution in [0.4, 0.5) is 59.3 Å². The number of carbonyl (C=O) groups excluding carboxylic acids is 4. The van der Waals surface area contributed by atoms with Crippen molar-refractivity contribution < 1.29 is 82.4 Å². The van der Waals surface area contributed by atoms with Crippen molar-refractivity contribution in [1.29, 1.82) is 0 Å². The van der Waals surface area contributed by atoms with E-state index in [0.717, 1.165) is 75.7 Å². The molecule has 2 aromatic carbocycles. The number of hydrogen-bond acceptors (Lipinski definition) is 13. The van der Waals surface area contributed by atoms with Gasteiger partial charge in [0.2, 0.25) is 5.91 Å². The molecule has 6 atom stereocenters. The fourth-order valence-corrected chi connectivity index (χ4v) is 9.47. The molecule has 18 nitrogen and oxygen atoms in total. The number of piperazine rings is 1. The van der Waals surface area contributed by atoms with Crippen LogP contribution in [0, 0.1) is 34.3 Å². The number of aromatic nitrogens is 3. The summed E-state index contributed by atoms with van der Waals surface area (Å²) in [5.74, 6) is 0.801. The number of aliphatic hydroxyl groups is 1. The zero-order valence-electron chi connectivity index (χ0n) is 44.6. The average Bonchev–Trinajstić information content (AvgIpc) is 4.37. The number of ether oxygens (including phenoxy) is 3. The molecule has 5 heterocycles. The van der Waals surface area contributed by atoms with E-state index in [1.54, 1.807) is 18.3 Å². The van der Waals surface area contributed by atoms with Crippen LogP contribution in [0.15, 0.2) is 67.0 Å². The zero-order chi connectivity index (χ0) is 59.4. The Hall–Kier alpha value is -7.22. The van der Waals surface area contributed by atoms with Gasteiger partial charge in [-0.15, -0.1) is 0 Å². The highest BCUT2D eigenvalue weighted by molar-refractivity contribution is 5.87. The van der Waals surface area contributed by atoms with Gasteiger partial charge in [0.25, 0.3) is 12.3 Å². The topological polar surface area (TPSA) is 205 Å². The normalized spacial score (nSPS) is 18.3. The fraction of sp³-hybridized carbons (Fsp3) is 0.509. The van der Waals surface area contributed by atoms with E-state index in [1.807, 2.05) is 28.2 Å². The van der Waals surface area contributed by atoms with Crippen LogP contribution >= 0.6 is 0 Å². The van der Waals surface area contributed by atoms with Crippen LogP contribution in [-0.2, 0) is 43.3 Å². The molecule has 4 amide bonds. The minimum absolute atomic E-state index is 0.157. The molecule has 3 fully saturated rings. The number of alkyl carbamates (subject to hydrolysis) is 2. The van der Waals surface area contributed by atoms with E-state index in [9.17, 15) is 59.4 Å². The number of benzene rings is 2. The van der Waals surface area contributed by atoms with Crippen LogP contribution in [0.1, 0.15) is 56.4 Å². The smallest absolute Gasteiger partial charge is 0.407 e. The maximum Gasteiger partial charge on any atom is 0.407 e. The Morgan fingerprint density at radius 3 is 2.02 bits per heavy atom. The first-order chi connectivity index (χ1) is 38.0. The number of hydrazine groups is 1. The number of likely N-dealkylation sites (tertiary alicyclic amines) is 1. The predicted octanol–water partition coefficient (Wildman–Crippen LogP) is 6.10. The van der Waals surface area contributed by atoms with Gasteiger partial charge in [0.05, 0.1) is 49.6 Å². The molecule has 7 rings (SSSR count). The van der Waals surface area contributed by atoms with E-state index < -0.39 is 121 Å². The maximum absolute atomic E-state index is 16.1. The third-order valence-electron chi connectivity index (χ3n) is 14.6. The van der Waals surface area contributed by atoms with E-state index in [2.05, 4.69) is 41.8 Å². The lowest BCUT2D eigenvalue weighted by atomic mass is 9.82. The molecule has 2 aromatic heterocycles. The predicted molar refractivity (Wildman–Crippen MR) is 270 cm³/mol. The molecule has 81 heavy (non-hydrogen) atoms. The van der Waals surface area contributed by atoms with E-state index in [0.29, 0.717) is 62.0 Å². The standard InChI is InChI=1S/C53H60F10N10O8/c1-50(2,52(58,59)60)44(67-49(78)79-6)46(75)66-40(17-30-10-7-29(8-11-30)9-12-31-13-14-43(65-21-31)73-23-33-20-34(73)22-72(33)35-27-80-28-35)41(74)25-71(69-47(76)45(81-48(77)64-5)51(3,4)53(61,62)63)24-36-37(54)18-32(19-38(36)55)39-15-16-70(68-39)26-42(56)57/h7-8,10-11,13-16,18-19,21,33-35,40-42,44-45,74H,17,20,22-28H2,1-6H3,(H,64,77)(H,66,75)(H,67,78)(H,69,76)/t33-,34-,40+,41+,44-,45-/m1/s1. The summed E-state index contributed by atoms with van der Waals surface area (Å²) in [5.41, 5.74) is -4.22. The van der Waals surface area contributed by atoms with Crippen molar-refractivity contribution in [3.8, 4) is 23.1 Å². The summed E-state index contributed by atoms with van der Waals surface area (Å²) in [5, 5.41) is 22.5. The molecular formula is C53H60F10N10O8. The van der Waals surface area contributed by atoms with Gasteiger partial charge in [0.1, 0.15) is 35.5 Å². The van der Waals surface area contributed by atoms with E-state index in [1.165, 1.54) is 18.2 Å². The summed E-state index contributed by atoms with van der Waals surface area (Å²) in [6, 6.07) is 9.41. The number of aliphatic hydroxyl groups excluding tert-OH is 1. The minimum atomic E-state index is -5.26. The molecule has 440 valence electrons. The molecule has 28 heteroatoms. The molecule has 4 aromatic rings. The van der Waals surface area contributed by atoms with Crippen LogP contribution < -0.4 is 26.3 Å². The molecule has 3 saturated heterocycles. The third-order valence-corrected chi connectivity index (χ3v) is 14.6. The van der Waals surface area contributed by atoms with Crippen LogP contribution in [0.5, 0.6) is 0 Å². The third kappa shape index (κ3) is 14.5. The molecule has 3 aliphatic rings. The Labute approximate surface area is 458 Å². The van der Waals surface area contributed by atoms with Gasteiger partial charge < -0.3 is 40.2 Å². The number of nitrogens with zero attached hydrogens (tertiary/aromatic N) is 6. The van der Waals surface area contributed by atoms with Gasteiger partial charge >= 0.3 is 24.5 Å². The first-order valence-corrected chi connectivity index (χ1v) is 25.4. The Morgan fingerprint density at radius 1 is 0.840 bits per heavy atom. The second-order valence-electron chi connectivity index (χ2n) is 21.0. The Bertz CT molecular complexity index is 2920. The molecule has 0 aliphatic carbocycles. The van der Waals surface area contributed by atoms with Crippen LogP contribution in [-0.4, -0.2) is 162 Å². The first kappa shape index (κ1) is 61.4. The van der Waals surface area contributed by atoms with E-state index in [-0.39, 0.29) is 16.8 Å². The number of hydrogen-bond donors (Lipinski definition) is 5. The van der Waals surface area contributed by atoms with Gasteiger partial charge in [-0.05, 0) is 88.6 Å². The van der Waals surface area contributed by atoms with Crippen molar-refractivity contribution in [2.24, 2.45) is 10.8 Å². The largest absolute Gasteiger partial charge is 0.453 e. The molecular weight excluding hydrogens is 1090 g/mol. The number of carbonyl (C=O) groups is 4. The number of anilines is 1. The number of alkyl halides is 8. The number of methoxy groups -OCH3 is 1. The second-order valence-corrected chi connectivity index (χ2v) is 21.0. The van der Waals surface area contributed by atoms with Gasteiger partial charge in [-0.2, -0.15) is 31.4 Å². The molecule has 0 saturated carbocycles. The number of fused-ring (bicyclic) bond motifs is 2. The van der Waals surface area contributed by atoms with E-state index >= 15 is 8.78 Å². The minimum Gasteiger partial charge on any atom is -0.453 e. The van der Waals surface area contributed by atoms with Gasteiger partial charge in [0.15, 0.2) is 6.10 Å². The number of nitrogens with one attached hydrogen (secondary N) is 4. The summed E-state index contributed by atoms with van der Waals surface area (Å²) in [6.45, 7) is 2.36. The Kier molecular flexibility index (Phi) is 18.9. The van der Waals surface area contributed by atoms with Crippen molar-refractivity contribution in [1.82, 2.24) is 46.0 Å². The second kappa shape index (κ2) is 24.9. The molecule has 3 aliphatic heterocycles. The molecule has 5 N–H and O–H groups in total. The Morgan fingerprint density at radius 2 is 1.48 bits per heavy atom. The summed E-state index contributed by atoms with van der Waals surface area (Å²) < 4.78 is 161. The van der Waals surface area contributed by atoms with Crippen molar-refractivity contribution >= 4 is 29.8 Å². The van der Waals surface area contributed by atoms with Crippen molar-refractivity contribution in [2.75, 3.05) is 51.9 Å². The summed E-state index contributed by atoms with van der Waals surface area (Å²) >= 11 is 0. The Balaban J connectivity index is 1.18. The van der Waals surface area contributed by atoms with Gasteiger partial charge in [0, 0.05) is 80.0 Å². The lowest BCUT2D eigenvalue weighted by Gasteiger charge is -2.42. The molecule has 2 bridgehead atoms. The number of pyridine rings is 1. The van der Waals surface area contributed by atoms with Crippen LogP contribution in [0.25, 0.3) is 11.3 Å². The van der Waals surface area contributed by atoms with Gasteiger partial charge in [-0.3, -0.25) is 24.6 Å². The molecule has 0 spiro atoms. The summed E-state index contributed by atoms with van der Waals surface area (Å²) in [4.78, 5) is 62.3. The number of rotatable bonds is 20. The number of halogens is 10. The highest BCUT2D eigenvalue weighted by atomic mass is 19.4. The number of amides is 4. The highest BCUT2D eigenvalue weighted by Gasteiger charge is 2.58. The van der Waals surface area contributed by atoms with Crippen LogP contribution in [0.2, 0.25) is 0 Å². The quantitative estimate of drug-likeness (QED) is 0.0386. The monoisotopic (exact) mass is 1150 g/mol. The maximum atomic E-state index is 16.1.